The van der Waals surface area contributed by atoms with Crippen molar-refractivity contribution in [3.05, 3.63) is 83.7 Å². The predicted molar refractivity (Wildman–Crippen MR) is 138 cm³/mol. The van der Waals surface area contributed by atoms with Gasteiger partial charge in [-0.3, -0.25) is 0 Å². The summed E-state index contributed by atoms with van der Waals surface area (Å²) in [6.45, 7) is 0.780. The Morgan fingerprint density at radius 2 is 1.73 bits per heavy atom. The molecule has 0 radical (unpaired) electrons. The average Bonchev–Trinajstić information content (AvgIpc) is 3.53. The molecule has 0 aliphatic heterocycles. The number of hydrogen-bond donors (Lipinski definition) is 0. The Labute approximate surface area is 228 Å². The molecule has 0 atom stereocenters. The highest BCUT2D eigenvalue weighted by Crippen LogP contribution is 2.23. The molecule has 0 saturated carbocycles. The van der Waals surface area contributed by atoms with Gasteiger partial charge in [0, 0.05) is 12.6 Å². The van der Waals surface area contributed by atoms with Crippen LogP contribution in [-0.2, 0) is 29.7 Å². The topological polar surface area (TPSA) is 119 Å². The first-order chi connectivity index (χ1) is 19.0. The van der Waals surface area contributed by atoms with Crippen LogP contribution in [0.2, 0.25) is 0 Å². The van der Waals surface area contributed by atoms with E-state index < -0.39 is 16.5 Å². The van der Waals surface area contributed by atoms with Crippen LogP contribution in [0.1, 0.15) is 35.6 Å². The van der Waals surface area contributed by atoms with Crippen LogP contribution in [0.4, 0.5) is 13.2 Å². The van der Waals surface area contributed by atoms with Crippen LogP contribution >= 0.6 is 0 Å². The Morgan fingerprint density at radius 3 is 2.42 bits per heavy atom. The Kier molecular flexibility index (Phi) is 9.09. The number of benzene rings is 2. The molecule has 0 unspecified atom stereocenters. The Balaban J connectivity index is 1.17. The number of unbranched alkanes of at least 4 members (excludes halogenated alkanes) is 1. The van der Waals surface area contributed by atoms with E-state index in [0.717, 1.165) is 31.1 Å². The number of alkyl halides is 3. The Morgan fingerprint density at radius 1 is 1.00 bits per heavy atom. The smallest absolute Gasteiger partial charge is 0.487 e. The zero-order chi connectivity index (χ0) is 28.6. The third-order valence-corrected chi connectivity index (χ3v) is 5.74. The molecule has 2 aromatic heterocycles. The highest BCUT2D eigenvalue weighted by atomic mass is 32.2. The Bertz CT molecular complexity index is 1520. The van der Waals surface area contributed by atoms with Crippen LogP contribution < -0.4 is 13.7 Å². The number of ether oxygens (including phenoxy) is 2. The summed E-state index contributed by atoms with van der Waals surface area (Å²) >= 11 is 0. The normalized spacial score (nSPS) is 12.1. The van der Waals surface area contributed by atoms with Crippen LogP contribution in [0.5, 0.6) is 17.4 Å². The molecule has 0 amide bonds. The number of oxazole rings is 1. The standard InChI is InChI=1S/C26H25F3N4O6S/c1-40(34,35)39-25-16-33(32-31-25)15-3-2-4-19-5-10-22(11-6-19)36-17-21-18-37-24(30-21)14-9-20-7-12-23(13-8-20)38-26(27,28)29/h5-14,16,18H,2-4,15,17H2,1H3. The van der Waals surface area contributed by atoms with Gasteiger partial charge in [-0.2, -0.15) is 8.42 Å². The second kappa shape index (κ2) is 12.7. The van der Waals surface area contributed by atoms with Crippen LogP contribution in [0.15, 0.2) is 65.4 Å². The van der Waals surface area contributed by atoms with Crippen molar-refractivity contribution in [1.29, 1.82) is 0 Å². The molecule has 4 aromatic rings. The second-order valence-electron chi connectivity index (χ2n) is 8.62. The van der Waals surface area contributed by atoms with Gasteiger partial charge in [0.2, 0.25) is 5.89 Å². The maximum atomic E-state index is 12.3. The molecular formula is C26H25F3N4O6S. The Hall–Kier alpha value is -4.33. The lowest BCUT2D eigenvalue weighted by molar-refractivity contribution is -0.274. The maximum absolute atomic E-state index is 12.3. The lowest BCUT2D eigenvalue weighted by atomic mass is 10.1. The van der Waals surface area contributed by atoms with E-state index in [9.17, 15) is 21.6 Å². The molecule has 0 aliphatic rings. The third-order valence-electron chi connectivity index (χ3n) is 5.27. The highest BCUT2D eigenvalue weighted by Gasteiger charge is 2.30. The first-order valence-corrected chi connectivity index (χ1v) is 13.8. The SMILES string of the molecule is CS(=O)(=O)Oc1cn(CCCCc2ccc(OCc3coc(C=Cc4ccc(OC(F)(F)F)cc4)n3)cc2)nn1. The van der Waals surface area contributed by atoms with Crippen molar-refractivity contribution in [2.24, 2.45) is 0 Å². The zero-order valence-corrected chi connectivity index (χ0v) is 22.1. The van der Waals surface area contributed by atoms with E-state index in [1.165, 1.54) is 41.4 Å². The average molecular weight is 579 g/mol. The minimum Gasteiger partial charge on any atom is -0.487 e. The van der Waals surface area contributed by atoms with Gasteiger partial charge in [-0.05, 0) is 60.7 Å². The van der Waals surface area contributed by atoms with Gasteiger partial charge in [-0.25, -0.2) is 9.67 Å². The number of aryl methyl sites for hydroxylation is 2. The van der Waals surface area contributed by atoms with Crippen molar-refractivity contribution in [1.82, 2.24) is 20.0 Å². The van der Waals surface area contributed by atoms with Crippen molar-refractivity contribution < 1.29 is 39.7 Å². The lowest BCUT2D eigenvalue weighted by Gasteiger charge is -2.08. The van der Waals surface area contributed by atoms with Crippen molar-refractivity contribution in [3.8, 4) is 17.4 Å². The van der Waals surface area contributed by atoms with Crippen molar-refractivity contribution >= 4 is 22.3 Å². The van der Waals surface area contributed by atoms with Gasteiger partial charge in [0.15, 0.2) is 0 Å². The minimum absolute atomic E-state index is 0.0523. The van der Waals surface area contributed by atoms with Crippen molar-refractivity contribution in [2.75, 3.05) is 6.26 Å². The molecular weight excluding hydrogens is 553 g/mol. The summed E-state index contributed by atoms with van der Waals surface area (Å²) in [5.74, 6) is 0.653. The minimum atomic E-state index is -4.73. The molecule has 212 valence electrons. The molecule has 0 aliphatic carbocycles. The monoisotopic (exact) mass is 578 g/mol. The van der Waals surface area contributed by atoms with Crippen molar-refractivity contribution in [3.63, 3.8) is 0 Å². The summed E-state index contributed by atoms with van der Waals surface area (Å²) in [4.78, 5) is 4.32. The van der Waals surface area contributed by atoms with E-state index in [1.54, 1.807) is 12.2 Å². The highest BCUT2D eigenvalue weighted by molar-refractivity contribution is 7.86. The number of nitrogens with zero attached hydrogens (tertiary/aromatic N) is 4. The van der Waals surface area contributed by atoms with Gasteiger partial charge in [-0.15, -0.1) is 13.2 Å². The number of hydrogen-bond acceptors (Lipinski definition) is 9. The predicted octanol–water partition coefficient (Wildman–Crippen LogP) is 5.28. The maximum Gasteiger partial charge on any atom is 0.573 e. The number of rotatable bonds is 13. The second-order valence-corrected chi connectivity index (χ2v) is 10.2. The van der Waals surface area contributed by atoms with Gasteiger partial charge in [0.05, 0.1) is 12.5 Å². The van der Waals surface area contributed by atoms with E-state index in [1.807, 2.05) is 24.3 Å². The summed E-state index contributed by atoms with van der Waals surface area (Å²) in [5, 5.41) is 7.52. The van der Waals surface area contributed by atoms with E-state index in [2.05, 4.69) is 24.2 Å². The molecule has 14 heteroatoms. The van der Waals surface area contributed by atoms with Gasteiger partial charge in [0.1, 0.15) is 30.1 Å². The fourth-order valence-electron chi connectivity index (χ4n) is 3.51. The molecule has 0 bridgehead atoms. The molecule has 4 rings (SSSR count). The fraction of sp³-hybridized carbons (Fsp3) is 0.269. The third kappa shape index (κ3) is 9.76. The van der Waals surface area contributed by atoms with E-state index in [-0.39, 0.29) is 18.2 Å². The molecule has 0 fully saturated rings. The van der Waals surface area contributed by atoms with E-state index >= 15 is 0 Å². The lowest BCUT2D eigenvalue weighted by Crippen LogP contribution is -2.16. The zero-order valence-electron chi connectivity index (χ0n) is 21.2. The molecule has 2 heterocycles. The van der Waals surface area contributed by atoms with E-state index in [4.69, 9.17) is 9.15 Å². The summed E-state index contributed by atoms with van der Waals surface area (Å²) in [7, 11) is -3.63. The quantitative estimate of drug-likeness (QED) is 0.154. The number of aromatic nitrogens is 4. The summed E-state index contributed by atoms with van der Waals surface area (Å²) < 4.78 is 80.3. The molecule has 0 N–H and O–H groups in total. The van der Waals surface area contributed by atoms with Crippen molar-refractivity contribution in [2.45, 2.75) is 38.8 Å². The molecule has 2 aromatic carbocycles. The molecule has 0 saturated heterocycles. The van der Waals surface area contributed by atoms with Crippen LogP contribution in [0.25, 0.3) is 12.2 Å². The summed E-state index contributed by atoms with van der Waals surface area (Å²) in [6.07, 6.45) is 4.95. The van der Waals surface area contributed by atoms with Gasteiger partial charge >= 0.3 is 16.5 Å². The van der Waals surface area contributed by atoms with Gasteiger partial charge in [-0.1, -0.05) is 34.6 Å². The molecule has 10 nitrogen and oxygen atoms in total. The van der Waals surface area contributed by atoms with Crippen LogP contribution in [-0.4, -0.2) is 41.0 Å². The van der Waals surface area contributed by atoms with Gasteiger partial charge < -0.3 is 18.1 Å². The number of halogens is 3. The summed E-state index contributed by atoms with van der Waals surface area (Å²) in [5.41, 5.74) is 2.37. The van der Waals surface area contributed by atoms with Crippen LogP contribution in [0, 0.1) is 0 Å². The summed E-state index contributed by atoms with van der Waals surface area (Å²) in [6, 6.07) is 13.1. The van der Waals surface area contributed by atoms with E-state index in [0.29, 0.717) is 29.4 Å². The fourth-order valence-corrected chi connectivity index (χ4v) is 3.90. The first-order valence-electron chi connectivity index (χ1n) is 12.0. The molecule has 0 spiro atoms. The molecule has 40 heavy (non-hydrogen) atoms. The van der Waals surface area contributed by atoms with Crippen LogP contribution in [0.3, 0.4) is 0 Å². The largest absolute Gasteiger partial charge is 0.573 e. The first kappa shape index (κ1) is 28.7. The van der Waals surface area contributed by atoms with Gasteiger partial charge in [0.25, 0.3) is 5.88 Å².